The SMILES string of the molecule is CCC(CNC)Sc1ccc(F)cc1. The van der Waals surface area contributed by atoms with Crippen molar-refractivity contribution in [2.24, 2.45) is 0 Å². The van der Waals surface area contributed by atoms with Crippen molar-refractivity contribution >= 4 is 11.8 Å². The summed E-state index contributed by atoms with van der Waals surface area (Å²) in [7, 11) is 1.95. The van der Waals surface area contributed by atoms with E-state index in [0.717, 1.165) is 17.9 Å². The van der Waals surface area contributed by atoms with Crippen molar-refractivity contribution in [3.8, 4) is 0 Å². The minimum Gasteiger partial charge on any atom is -0.319 e. The molecule has 1 aromatic rings. The lowest BCUT2D eigenvalue weighted by Gasteiger charge is -2.13. The molecule has 14 heavy (non-hydrogen) atoms. The van der Waals surface area contributed by atoms with Crippen molar-refractivity contribution in [2.75, 3.05) is 13.6 Å². The zero-order valence-electron chi connectivity index (χ0n) is 8.59. The number of nitrogens with one attached hydrogen (secondary N) is 1. The van der Waals surface area contributed by atoms with Gasteiger partial charge in [-0.3, -0.25) is 0 Å². The minimum absolute atomic E-state index is 0.170. The van der Waals surface area contributed by atoms with Gasteiger partial charge in [0.15, 0.2) is 0 Å². The lowest BCUT2D eigenvalue weighted by atomic mass is 10.3. The number of rotatable bonds is 5. The van der Waals surface area contributed by atoms with Gasteiger partial charge >= 0.3 is 0 Å². The Morgan fingerprint density at radius 1 is 1.36 bits per heavy atom. The van der Waals surface area contributed by atoms with Gasteiger partial charge in [-0.1, -0.05) is 6.92 Å². The number of halogens is 1. The van der Waals surface area contributed by atoms with Crippen molar-refractivity contribution in [1.29, 1.82) is 0 Å². The second-order valence-corrected chi connectivity index (χ2v) is 4.53. The monoisotopic (exact) mass is 213 g/mol. The average Bonchev–Trinajstić information content (AvgIpc) is 2.20. The van der Waals surface area contributed by atoms with E-state index in [0.29, 0.717) is 5.25 Å². The Morgan fingerprint density at radius 3 is 2.50 bits per heavy atom. The van der Waals surface area contributed by atoms with E-state index < -0.39 is 0 Å². The number of thioether (sulfide) groups is 1. The molecule has 0 radical (unpaired) electrons. The van der Waals surface area contributed by atoms with Crippen LogP contribution in [0, 0.1) is 5.82 Å². The molecule has 0 fully saturated rings. The van der Waals surface area contributed by atoms with Gasteiger partial charge in [0.2, 0.25) is 0 Å². The van der Waals surface area contributed by atoms with E-state index in [1.54, 1.807) is 11.8 Å². The summed E-state index contributed by atoms with van der Waals surface area (Å²) in [6, 6.07) is 6.68. The molecule has 0 aliphatic heterocycles. The van der Waals surface area contributed by atoms with Gasteiger partial charge in [0, 0.05) is 16.7 Å². The van der Waals surface area contributed by atoms with Crippen LogP contribution < -0.4 is 5.32 Å². The standard InChI is InChI=1S/C11H16FNS/c1-3-10(8-13-2)14-11-6-4-9(12)5-7-11/h4-7,10,13H,3,8H2,1-2H3. The highest BCUT2D eigenvalue weighted by atomic mass is 32.2. The van der Waals surface area contributed by atoms with Crippen LogP contribution >= 0.6 is 11.8 Å². The molecule has 0 bridgehead atoms. The molecule has 1 aromatic carbocycles. The summed E-state index contributed by atoms with van der Waals surface area (Å²) in [5, 5.41) is 3.72. The van der Waals surface area contributed by atoms with Gasteiger partial charge in [-0.25, -0.2) is 4.39 Å². The molecule has 0 amide bonds. The third-order valence-corrected chi connectivity index (χ3v) is 3.38. The molecule has 1 N–H and O–H groups in total. The predicted molar refractivity (Wildman–Crippen MR) is 60.3 cm³/mol. The van der Waals surface area contributed by atoms with Crippen LogP contribution in [-0.2, 0) is 0 Å². The topological polar surface area (TPSA) is 12.0 Å². The Kier molecular flexibility index (Phi) is 4.98. The molecule has 0 saturated carbocycles. The molecule has 0 heterocycles. The summed E-state index contributed by atoms with van der Waals surface area (Å²) in [6.45, 7) is 3.15. The minimum atomic E-state index is -0.170. The second kappa shape index (κ2) is 6.04. The van der Waals surface area contributed by atoms with Gasteiger partial charge in [-0.05, 0) is 37.7 Å². The maximum absolute atomic E-state index is 12.6. The first kappa shape index (κ1) is 11.5. The van der Waals surface area contributed by atoms with Gasteiger partial charge in [0.05, 0.1) is 0 Å². The second-order valence-electron chi connectivity index (χ2n) is 3.16. The molecule has 1 rings (SSSR count). The zero-order valence-corrected chi connectivity index (χ0v) is 9.40. The Bertz CT molecular complexity index is 260. The normalized spacial score (nSPS) is 12.8. The summed E-state index contributed by atoms with van der Waals surface area (Å²) in [4.78, 5) is 1.13. The first-order valence-electron chi connectivity index (χ1n) is 4.83. The maximum atomic E-state index is 12.6. The van der Waals surface area contributed by atoms with E-state index in [1.165, 1.54) is 12.1 Å². The van der Waals surface area contributed by atoms with Crippen molar-refractivity contribution in [2.45, 2.75) is 23.5 Å². The fourth-order valence-electron chi connectivity index (χ4n) is 1.20. The lowest BCUT2D eigenvalue weighted by Crippen LogP contribution is -2.19. The fourth-order valence-corrected chi connectivity index (χ4v) is 2.30. The summed E-state index contributed by atoms with van der Waals surface area (Å²) in [5.74, 6) is -0.170. The van der Waals surface area contributed by atoms with E-state index in [9.17, 15) is 4.39 Å². The van der Waals surface area contributed by atoms with Crippen LogP contribution in [0.2, 0.25) is 0 Å². The van der Waals surface area contributed by atoms with E-state index in [4.69, 9.17) is 0 Å². The largest absolute Gasteiger partial charge is 0.319 e. The first-order chi connectivity index (χ1) is 6.76. The molecular weight excluding hydrogens is 197 g/mol. The Labute approximate surface area is 89.1 Å². The fraction of sp³-hybridized carbons (Fsp3) is 0.455. The molecule has 0 spiro atoms. The number of hydrogen-bond acceptors (Lipinski definition) is 2. The van der Waals surface area contributed by atoms with Gasteiger partial charge < -0.3 is 5.32 Å². The molecule has 78 valence electrons. The molecule has 0 aliphatic carbocycles. The highest BCUT2D eigenvalue weighted by Crippen LogP contribution is 2.24. The lowest BCUT2D eigenvalue weighted by molar-refractivity contribution is 0.626. The van der Waals surface area contributed by atoms with Crippen molar-refractivity contribution < 1.29 is 4.39 Å². The van der Waals surface area contributed by atoms with Crippen LogP contribution in [0.4, 0.5) is 4.39 Å². The molecule has 0 aromatic heterocycles. The van der Waals surface area contributed by atoms with Crippen molar-refractivity contribution in [3.63, 3.8) is 0 Å². The van der Waals surface area contributed by atoms with Crippen LogP contribution in [0.25, 0.3) is 0 Å². The third kappa shape index (κ3) is 3.68. The predicted octanol–water partition coefficient (Wildman–Crippen LogP) is 2.92. The summed E-state index contributed by atoms with van der Waals surface area (Å²) >= 11 is 1.79. The average molecular weight is 213 g/mol. The number of benzene rings is 1. The molecule has 1 nitrogen and oxygen atoms in total. The molecule has 0 aliphatic rings. The smallest absolute Gasteiger partial charge is 0.123 e. The van der Waals surface area contributed by atoms with Crippen molar-refractivity contribution in [3.05, 3.63) is 30.1 Å². The van der Waals surface area contributed by atoms with Crippen LogP contribution in [0.5, 0.6) is 0 Å². The number of hydrogen-bond donors (Lipinski definition) is 1. The van der Waals surface area contributed by atoms with Crippen LogP contribution in [0.15, 0.2) is 29.2 Å². The maximum Gasteiger partial charge on any atom is 0.123 e. The Balaban J connectivity index is 2.53. The Morgan fingerprint density at radius 2 is 2.00 bits per heavy atom. The highest BCUT2D eigenvalue weighted by molar-refractivity contribution is 8.00. The van der Waals surface area contributed by atoms with Gasteiger partial charge in [-0.2, -0.15) is 0 Å². The molecule has 1 unspecified atom stereocenters. The quantitative estimate of drug-likeness (QED) is 0.755. The summed E-state index contributed by atoms with van der Waals surface area (Å²) in [6.07, 6.45) is 1.11. The molecule has 0 saturated heterocycles. The summed E-state index contributed by atoms with van der Waals surface area (Å²) < 4.78 is 12.6. The first-order valence-corrected chi connectivity index (χ1v) is 5.71. The van der Waals surface area contributed by atoms with Gasteiger partial charge in [0.25, 0.3) is 0 Å². The third-order valence-electron chi connectivity index (χ3n) is 2.00. The van der Waals surface area contributed by atoms with E-state index in [2.05, 4.69) is 12.2 Å². The van der Waals surface area contributed by atoms with Crippen LogP contribution in [0.1, 0.15) is 13.3 Å². The van der Waals surface area contributed by atoms with E-state index in [-0.39, 0.29) is 5.82 Å². The van der Waals surface area contributed by atoms with Gasteiger partial charge in [-0.15, -0.1) is 11.8 Å². The van der Waals surface area contributed by atoms with Gasteiger partial charge in [0.1, 0.15) is 5.82 Å². The van der Waals surface area contributed by atoms with E-state index in [1.807, 2.05) is 19.2 Å². The molecular formula is C11H16FNS. The van der Waals surface area contributed by atoms with Crippen LogP contribution in [-0.4, -0.2) is 18.8 Å². The molecule has 1 atom stereocenters. The Hall–Kier alpha value is -0.540. The van der Waals surface area contributed by atoms with Crippen molar-refractivity contribution in [1.82, 2.24) is 5.32 Å². The zero-order chi connectivity index (χ0) is 10.4. The summed E-state index contributed by atoms with van der Waals surface area (Å²) in [5.41, 5.74) is 0. The molecule has 3 heteroatoms. The van der Waals surface area contributed by atoms with E-state index >= 15 is 0 Å². The van der Waals surface area contributed by atoms with Crippen LogP contribution in [0.3, 0.4) is 0 Å². The highest BCUT2D eigenvalue weighted by Gasteiger charge is 2.06.